The Kier molecular flexibility index (Phi) is 4.14. The van der Waals surface area contributed by atoms with Crippen molar-refractivity contribution < 1.29 is 13.7 Å². The van der Waals surface area contributed by atoms with Crippen LogP contribution in [0, 0.1) is 23.2 Å². The Balaban J connectivity index is 1.36. The number of hydrogen-bond acceptors (Lipinski definition) is 4. The van der Waals surface area contributed by atoms with Crippen LogP contribution in [0.25, 0.3) is 5.69 Å². The first-order valence-electron chi connectivity index (χ1n) is 10.9. The number of amides is 1. The molecule has 7 rings (SSSR count). The summed E-state index contributed by atoms with van der Waals surface area (Å²) in [7, 11) is 0.702. The summed E-state index contributed by atoms with van der Waals surface area (Å²) in [6, 6.07) is 7.67. The number of hydrogen-bond donors (Lipinski definition) is 1. The fourth-order valence-corrected chi connectivity index (χ4v) is 8.06. The minimum atomic E-state index is -0.940. The van der Waals surface area contributed by atoms with Crippen LogP contribution in [-0.4, -0.2) is 27.0 Å². The maximum absolute atomic E-state index is 13.7. The molecule has 4 saturated carbocycles. The number of nitrogens with one attached hydrogen (secondary N) is 1. The number of rotatable bonds is 4. The average molecular weight is 426 g/mol. The van der Waals surface area contributed by atoms with E-state index in [1.807, 2.05) is 28.9 Å². The van der Waals surface area contributed by atoms with Gasteiger partial charge in [0.15, 0.2) is 0 Å². The largest absolute Gasteiger partial charge is 0.497 e. The van der Waals surface area contributed by atoms with Gasteiger partial charge in [0.1, 0.15) is 11.6 Å². The van der Waals surface area contributed by atoms with Crippen LogP contribution in [0.15, 0.2) is 24.3 Å². The molecular formula is C23H27N3O3S. The molecule has 0 saturated heterocycles. The normalized spacial score (nSPS) is 33.5. The number of aromatic nitrogens is 2. The van der Waals surface area contributed by atoms with Gasteiger partial charge in [0, 0.05) is 16.4 Å². The van der Waals surface area contributed by atoms with E-state index in [4.69, 9.17) is 9.84 Å². The second kappa shape index (κ2) is 6.67. The van der Waals surface area contributed by atoms with Crippen molar-refractivity contribution in [2.75, 3.05) is 12.4 Å². The van der Waals surface area contributed by atoms with Crippen molar-refractivity contribution in [3.05, 3.63) is 35.5 Å². The van der Waals surface area contributed by atoms with Gasteiger partial charge < -0.3 is 10.1 Å². The molecular weight excluding hydrogens is 398 g/mol. The Labute approximate surface area is 178 Å². The van der Waals surface area contributed by atoms with E-state index in [0.717, 1.165) is 42.0 Å². The van der Waals surface area contributed by atoms with E-state index in [1.54, 1.807) is 7.11 Å². The molecule has 0 unspecified atom stereocenters. The van der Waals surface area contributed by atoms with E-state index in [2.05, 4.69) is 5.32 Å². The summed E-state index contributed by atoms with van der Waals surface area (Å²) in [5, 5.41) is 8.03. The van der Waals surface area contributed by atoms with E-state index in [0.29, 0.717) is 35.1 Å². The standard InChI is InChI=1S/C23H27N3O3S/c1-29-18-4-2-17(3-5-18)26-21(19-12-30(28)13-20(19)25-26)24-22(27)23-9-14-6-15(10-23)8-16(7-14)11-23/h2-5,14-16H,6-13H2,1H3,(H,24,27)/t14?,15?,16?,23?,30-/m1/s1. The number of ether oxygens (including phenoxy) is 1. The molecule has 0 radical (unpaired) electrons. The minimum absolute atomic E-state index is 0.150. The zero-order valence-electron chi connectivity index (χ0n) is 17.2. The summed E-state index contributed by atoms with van der Waals surface area (Å²) in [6.07, 6.45) is 7.00. The van der Waals surface area contributed by atoms with Crippen molar-refractivity contribution in [3.8, 4) is 11.4 Å². The number of methoxy groups -OCH3 is 1. The van der Waals surface area contributed by atoms with Crippen molar-refractivity contribution in [2.45, 2.75) is 50.0 Å². The fourth-order valence-electron chi connectivity index (χ4n) is 6.80. The second-order valence-electron chi connectivity index (χ2n) is 9.76. The van der Waals surface area contributed by atoms with Crippen LogP contribution in [0.2, 0.25) is 0 Å². The molecule has 1 aliphatic heterocycles. The number of nitrogens with zero attached hydrogens (tertiary/aromatic N) is 2. The lowest BCUT2D eigenvalue weighted by Crippen LogP contribution is -2.52. The molecule has 0 spiro atoms. The van der Waals surface area contributed by atoms with Gasteiger partial charge in [0.25, 0.3) is 0 Å². The van der Waals surface area contributed by atoms with Crippen molar-refractivity contribution in [1.29, 1.82) is 0 Å². The quantitative estimate of drug-likeness (QED) is 0.809. The van der Waals surface area contributed by atoms with Crippen LogP contribution in [0.4, 0.5) is 5.82 Å². The maximum Gasteiger partial charge on any atom is 0.231 e. The first-order chi connectivity index (χ1) is 14.5. The molecule has 158 valence electrons. The number of carbonyl (C=O) groups excluding carboxylic acids is 1. The monoisotopic (exact) mass is 425 g/mol. The molecule has 4 bridgehead atoms. The molecule has 2 aromatic rings. The molecule has 30 heavy (non-hydrogen) atoms. The summed E-state index contributed by atoms with van der Waals surface area (Å²) in [5.41, 5.74) is 2.41. The van der Waals surface area contributed by atoms with Crippen LogP contribution in [-0.2, 0) is 27.1 Å². The van der Waals surface area contributed by atoms with E-state index < -0.39 is 10.8 Å². The molecule has 7 heteroatoms. The summed E-state index contributed by atoms with van der Waals surface area (Å²) < 4.78 is 19.3. The fraction of sp³-hybridized carbons (Fsp3) is 0.565. The molecule has 1 aromatic heterocycles. The van der Waals surface area contributed by atoms with Crippen LogP contribution in [0.1, 0.15) is 49.8 Å². The summed E-state index contributed by atoms with van der Waals surface area (Å²) in [4.78, 5) is 13.7. The van der Waals surface area contributed by atoms with Crippen LogP contribution >= 0.6 is 0 Å². The predicted octanol–water partition coefficient (Wildman–Crippen LogP) is 3.80. The molecule has 1 atom stereocenters. The van der Waals surface area contributed by atoms with Crippen molar-refractivity contribution in [1.82, 2.24) is 9.78 Å². The number of anilines is 1. The predicted molar refractivity (Wildman–Crippen MR) is 115 cm³/mol. The topological polar surface area (TPSA) is 73.2 Å². The highest BCUT2D eigenvalue weighted by Gasteiger charge is 2.54. The van der Waals surface area contributed by atoms with Crippen molar-refractivity contribution >= 4 is 22.5 Å². The molecule has 1 amide bonds. The molecule has 2 heterocycles. The smallest absolute Gasteiger partial charge is 0.231 e. The lowest BCUT2D eigenvalue weighted by atomic mass is 9.49. The summed E-state index contributed by atoms with van der Waals surface area (Å²) in [5.74, 6) is 4.70. The third-order valence-corrected chi connectivity index (χ3v) is 8.94. The van der Waals surface area contributed by atoms with E-state index in [1.165, 1.54) is 19.3 Å². The molecule has 4 aliphatic carbocycles. The summed E-state index contributed by atoms with van der Waals surface area (Å²) >= 11 is 0. The molecule has 1 N–H and O–H groups in total. The highest BCUT2D eigenvalue weighted by molar-refractivity contribution is 7.83. The number of fused-ring (bicyclic) bond motifs is 1. The van der Waals surface area contributed by atoms with Crippen LogP contribution in [0.5, 0.6) is 5.75 Å². The third-order valence-electron chi connectivity index (χ3n) is 7.74. The average Bonchev–Trinajstić information content (AvgIpc) is 3.24. The van der Waals surface area contributed by atoms with Gasteiger partial charge in [0.2, 0.25) is 5.91 Å². The zero-order valence-corrected chi connectivity index (χ0v) is 18.0. The van der Waals surface area contributed by atoms with Gasteiger partial charge in [-0.3, -0.25) is 9.00 Å². The van der Waals surface area contributed by atoms with E-state index >= 15 is 0 Å². The van der Waals surface area contributed by atoms with Gasteiger partial charge in [0.05, 0.1) is 35.4 Å². The van der Waals surface area contributed by atoms with Gasteiger partial charge in [-0.25, -0.2) is 4.68 Å². The Morgan fingerprint density at radius 3 is 2.33 bits per heavy atom. The van der Waals surface area contributed by atoms with Crippen LogP contribution in [0.3, 0.4) is 0 Å². The van der Waals surface area contributed by atoms with Gasteiger partial charge in [-0.15, -0.1) is 0 Å². The first kappa shape index (κ1) is 18.6. The lowest BCUT2D eigenvalue weighted by Gasteiger charge is -2.55. The Bertz CT molecular complexity index is 1010. The van der Waals surface area contributed by atoms with Crippen LogP contribution < -0.4 is 10.1 Å². The maximum atomic E-state index is 13.7. The molecule has 5 aliphatic rings. The molecule has 4 fully saturated rings. The minimum Gasteiger partial charge on any atom is -0.497 e. The van der Waals surface area contributed by atoms with Gasteiger partial charge in [-0.05, 0) is 80.5 Å². The molecule has 6 nitrogen and oxygen atoms in total. The lowest BCUT2D eigenvalue weighted by molar-refractivity contribution is -0.140. The summed E-state index contributed by atoms with van der Waals surface area (Å²) in [6.45, 7) is 0. The van der Waals surface area contributed by atoms with E-state index in [9.17, 15) is 9.00 Å². The Morgan fingerprint density at radius 2 is 1.73 bits per heavy atom. The number of benzene rings is 1. The van der Waals surface area contributed by atoms with Gasteiger partial charge >= 0.3 is 0 Å². The second-order valence-corrected chi connectivity index (χ2v) is 11.2. The van der Waals surface area contributed by atoms with Crippen molar-refractivity contribution in [3.63, 3.8) is 0 Å². The third kappa shape index (κ3) is 2.85. The number of carbonyl (C=O) groups is 1. The molecule has 1 aromatic carbocycles. The SMILES string of the molecule is COc1ccc(-n2nc3c(c2NC(=O)C24CC5CC(CC(C5)C2)C4)C[S@@](=O)C3)cc1. The highest BCUT2D eigenvalue weighted by atomic mass is 32.2. The Hall–Kier alpha value is -2.15. The van der Waals surface area contributed by atoms with Crippen molar-refractivity contribution in [2.24, 2.45) is 23.2 Å². The van der Waals surface area contributed by atoms with Gasteiger partial charge in [-0.2, -0.15) is 5.10 Å². The zero-order chi connectivity index (χ0) is 20.5. The Morgan fingerprint density at radius 1 is 1.10 bits per heavy atom. The van der Waals surface area contributed by atoms with E-state index in [-0.39, 0.29) is 11.3 Å². The van der Waals surface area contributed by atoms with Gasteiger partial charge in [-0.1, -0.05) is 0 Å². The highest BCUT2D eigenvalue weighted by Crippen LogP contribution is 2.60. The first-order valence-corrected chi connectivity index (χ1v) is 12.4.